The van der Waals surface area contributed by atoms with Crippen molar-refractivity contribution >= 4 is 11.9 Å². The van der Waals surface area contributed by atoms with E-state index >= 15 is 0 Å². The van der Waals surface area contributed by atoms with Gasteiger partial charge in [0.2, 0.25) is 5.91 Å². The van der Waals surface area contributed by atoms with Gasteiger partial charge in [-0.3, -0.25) is 14.5 Å². The Hall–Kier alpha value is -1.88. The van der Waals surface area contributed by atoms with Crippen LogP contribution in [0.25, 0.3) is 0 Å². The summed E-state index contributed by atoms with van der Waals surface area (Å²) in [7, 11) is 0. The SMILES string of the molecule is Cc1cc(C)cc(C2(C(=O)NC3CC(N(CC(=O)O)CC4CC4)C3)CC2)c1. The molecule has 3 aliphatic rings. The minimum atomic E-state index is -0.755. The van der Waals surface area contributed by atoms with Crippen LogP contribution in [0.2, 0.25) is 0 Å². The van der Waals surface area contributed by atoms with Crippen molar-refractivity contribution in [1.29, 1.82) is 0 Å². The van der Waals surface area contributed by atoms with Gasteiger partial charge in [0.25, 0.3) is 0 Å². The smallest absolute Gasteiger partial charge is 0.317 e. The van der Waals surface area contributed by atoms with Crippen LogP contribution in [0.1, 0.15) is 55.2 Å². The lowest BCUT2D eigenvalue weighted by Crippen LogP contribution is -2.56. The Morgan fingerprint density at radius 3 is 2.30 bits per heavy atom. The lowest BCUT2D eigenvalue weighted by atomic mass is 9.84. The highest BCUT2D eigenvalue weighted by Crippen LogP contribution is 2.49. The van der Waals surface area contributed by atoms with Crippen LogP contribution in [-0.2, 0) is 15.0 Å². The summed E-state index contributed by atoms with van der Waals surface area (Å²) in [6.07, 6.45) is 6.03. The van der Waals surface area contributed by atoms with Crippen LogP contribution in [0.5, 0.6) is 0 Å². The summed E-state index contributed by atoms with van der Waals surface area (Å²) in [4.78, 5) is 26.2. The fourth-order valence-corrected chi connectivity index (χ4v) is 4.50. The summed E-state index contributed by atoms with van der Waals surface area (Å²) in [5.74, 6) is 0.0788. The largest absolute Gasteiger partial charge is 0.480 e. The third-order valence-corrected chi connectivity index (χ3v) is 6.45. The molecular formula is C22H30N2O3. The predicted octanol–water partition coefficient (Wildman–Crippen LogP) is 2.78. The van der Waals surface area contributed by atoms with Gasteiger partial charge in [-0.25, -0.2) is 0 Å². The number of aryl methyl sites for hydroxylation is 2. The third kappa shape index (κ3) is 4.03. The van der Waals surface area contributed by atoms with Crippen molar-refractivity contribution in [3.63, 3.8) is 0 Å². The second-order valence-electron chi connectivity index (χ2n) is 9.02. The number of nitrogens with one attached hydrogen (secondary N) is 1. The van der Waals surface area contributed by atoms with Crippen LogP contribution in [0.15, 0.2) is 18.2 Å². The molecule has 1 aromatic carbocycles. The van der Waals surface area contributed by atoms with E-state index in [1.165, 1.54) is 24.0 Å². The molecule has 0 radical (unpaired) electrons. The molecule has 0 atom stereocenters. The fraction of sp³-hybridized carbons (Fsp3) is 0.636. The van der Waals surface area contributed by atoms with Crippen molar-refractivity contribution < 1.29 is 14.7 Å². The number of aliphatic carboxylic acids is 1. The number of carbonyl (C=O) groups excluding carboxylic acids is 1. The summed E-state index contributed by atoms with van der Waals surface area (Å²) in [5.41, 5.74) is 3.22. The number of benzene rings is 1. The van der Waals surface area contributed by atoms with Gasteiger partial charge in [0, 0.05) is 18.6 Å². The molecule has 27 heavy (non-hydrogen) atoms. The van der Waals surface area contributed by atoms with E-state index in [9.17, 15) is 14.7 Å². The van der Waals surface area contributed by atoms with Gasteiger partial charge in [-0.2, -0.15) is 0 Å². The molecule has 0 heterocycles. The Balaban J connectivity index is 1.34. The standard InChI is InChI=1S/C22H30N2O3/c1-14-7-15(2)9-17(8-14)22(5-6-22)21(27)23-18-10-19(11-18)24(13-20(25)26)12-16-3-4-16/h7-9,16,18-19H,3-6,10-13H2,1-2H3,(H,23,27)(H,25,26). The van der Waals surface area contributed by atoms with E-state index in [0.29, 0.717) is 12.0 Å². The maximum Gasteiger partial charge on any atom is 0.317 e. The van der Waals surface area contributed by atoms with Crippen molar-refractivity contribution in [2.45, 2.75) is 69.9 Å². The fourth-order valence-electron chi connectivity index (χ4n) is 4.50. The minimum absolute atomic E-state index is 0.119. The van der Waals surface area contributed by atoms with Gasteiger partial charge < -0.3 is 10.4 Å². The Morgan fingerprint density at radius 1 is 1.15 bits per heavy atom. The van der Waals surface area contributed by atoms with Gasteiger partial charge >= 0.3 is 5.97 Å². The Morgan fingerprint density at radius 2 is 1.78 bits per heavy atom. The first-order chi connectivity index (χ1) is 12.9. The maximum atomic E-state index is 13.0. The van der Waals surface area contributed by atoms with Crippen molar-refractivity contribution in [2.75, 3.05) is 13.1 Å². The van der Waals surface area contributed by atoms with Crippen LogP contribution in [0.4, 0.5) is 0 Å². The van der Waals surface area contributed by atoms with Gasteiger partial charge in [0.05, 0.1) is 12.0 Å². The molecule has 3 saturated carbocycles. The zero-order chi connectivity index (χ0) is 19.2. The summed E-state index contributed by atoms with van der Waals surface area (Å²) in [5, 5.41) is 12.4. The second kappa shape index (κ2) is 6.93. The maximum absolute atomic E-state index is 13.0. The van der Waals surface area contributed by atoms with Crippen LogP contribution in [0.3, 0.4) is 0 Å². The average Bonchev–Trinajstić information content (AvgIpc) is 3.41. The Kier molecular flexibility index (Phi) is 4.75. The van der Waals surface area contributed by atoms with Crippen LogP contribution in [-0.4, -0.2) is 47.1 Å². The first-order valence-corrected chi connectivity index (χ1v) is 10.2. The molecule has 0 aliphatic heterocycles. The number of nitrogens with zero attached hydrogens (tertiary/aromatic N) is 1. The van der Waals surface area contributed by atoms with Gasteiger partial charge in [0.15, 0.2) is 0 Å². The van der Waals surface area contributed by atoms with Crippen LogP contribution in [0, 0.1) is 19.8 Å². The lowest BCUT2D eigenvalue weighted by molar-refractivity contribution is -0.140. The Labute approximate surface area is 161 Å². The quantitative estimate of drug-likeness (QED) is 0.738. The molecule has 2 N–H and O–H groups in total. The highest BCUT2D eigenvalue weighted by molar-refractivity contribution is 5.91. The van der Waals surface area contributed by atoms with E-state index in [1.807, 2.05) is 0 Å². The summed E-state index contributed by atoms with van der Waals surface area (Å²) in [6.45, 7) is 5.17. The highest BCUT2D eigenvalue weighted by Gasteiger charge is 2.52. The van der Waals surface area contributed by atoms with Crippen molar-refractivity contribution in [1.82, 2.24) is 10.2 Å². The molecule has 5 heteroatoms. The number of amides is 1. The van der Waals surface area contributed by atoms with E-state index in [-0.39, 0.29) is 23.9 Å². The summed E-state index contributed by atoms with van der Waals surface area (Å²) >= 11 is 0. The van der Waals surface area contributed by atoms with Gasteiger partial charge in [-0.05, 0) is 63.9 Å². The normalized spacial score (nSPS) is 25.7. The molecule has 146 valence electrons. The molecule has 3 fully saturated rings. The summed E-state index contributed by atoms with van der Waals surface area (Å²) < 4.78 is 0. The van der Waals surface area contributed by atoms with Gasteiger partial charge in [-0.15, -0.1) is 0 Å². The molecule has 0 bridgehead atoms. The van der Waals surface area contributed by atoms with E-state index in [1.54, 1.807) is 0 Å². The zero-order valence-corrected chi connectivity index (χ0v) is 16.3. The van der Waals surface area contributed by atoms with Crippen molar-refractivity contribution in [3.8, 4) is 0 Å². The molecule has 1 amide bonds. The van der Waals surface area contributed by atoms with E-state index in [0.717, 1.165) is 37.8 Å². The van der Waals surface area contributed by atoms with Crippen molar-refractivity contribution in [3.05, 3.63) is 34.9 Å². The van der Waals surface area contributed by atoms with E-state index in [2.05, 4.69) is 42.3 Å². The molecule has 0 unspecified atom stereocenters. The highest BCUT2D eigenvalue weighted by atomic mass is 16.4. The monoisotopic (exact) mass is 370 g/mol. The topological polar surface area (TPSA) is 69.6 Å². The Bertz CT molecular complexity index is 726. The number of carboxylic acid groups (broad SMARTS) is 1. The number of carboxylic acids is 1. The van der Waals surface area contributed by atoms with E-state index < -0.39 is 5.97 Å². The van der Waals surface area contributed by atoms with Gasteiger partial charge in [-0.1, -0.05) is 29.3 Å². The van der Waals surface area contributed by atoms with Crippen LogP contribution < -0.4 is 5.32 Å². The lowest BCUT2D eigenvalue weighted by Gasteiger charge is -2.43. The second-order valence-corrected chi connectivity index (χ2v) is 9.02. The van der Waals surface area contributed by atoms with Crippen molar-refractivity contribution in [2.24, 2.45) is 5.92 Å². The first kappa shape index (κ1) is 18.5. The molecule has 4 rings (SSSR count). The first-order valence-electron chi connectivity index (χ1n) is 10.2. The zero-order valence-electron chi connectivity index (χ0n) is 16.3. The van der Waals surface area contributed by atoms with E-state index in [4.69, 9.17) is 0 Å². The molecule has 3 aliphatic carbocycles. The molecule has 0 aromatic heterocycles. The number of carbonyl (C=O) groups is 2. The summed E-state index contributed by atoms with van der Waals surface area (Å²) in [6, 6.07) is 6.91. The predicted molar refractivity (Wildman–Crippen MR) is 104 cm³/mol. The van der Waals surface area contributed by atoms with Crippen LogP contribution >= 0.6 is 0 Å². The number of hydrogen-bond donors (Lipinski definition) is 2. The number of hydrogen-bond acceptors (Lipinski definition) is 3. The minimum Gasteiger partial charge on any atom is -0.480 e. The molecular weight excluding hydrogens is 340 g/mol. The average molecular weight is 370 g/mol. The third-order valence-electron chi connectivity index (χ3n) is 6.45. The molecule has 5 nitrogen and oxygen atoms in total. The van der Waals surface area contributed by atoms with Gasteiger partial charge in [0.1, 0.15) is 0 Å². The number of rotatable bonds is 8. The molecule has 1 aromatic rings. The molecule has 0 saturated heterocycles. The molecule has 0 spiro atoms.